The molecule has 0 aromatic carbocycles. The van der Waals surface area contributed by atoms with Crippen LogP contribution < -0.4 is 5.32 Å². The van der Waals surface area contributed by atoms with Gasteiger partial charge in [0.2, 0.25) is 5.91 Å². The van der Waals surface area contributed by atoms with Gasteiger partial charge in [0.1, 0.15) is 0 Å². The molecule has 0 unspecified atom stereocenters. The molecule has 0 aromatic rings. The van der Waals surface area contributed by atoms with E-state index in [2.05, 4.69) is 12.2 Å². The lowest BCUT2D eigenvalue weighted by Gasteiger charge is -2.30. The van der Waals surface area contributed by atoms with Gasteiger partial charge in [-0.15, -0.1) is 0 Å². The lowest BCUT2D eigenvalue weighted by atomic mass is 10.00. The molecular formula is C12H23N3O2. The van der Waals surface area contributed by atoms with Gasteiger partial charge in [-0.3, -0.25) is 4.79 Å². The number of amides is 3. The van der Waals surface area contributed by atoms with Crippen LogP contribution in [0.25, 0.3) is 0 Å². The SMILES string of the molecule is CC1CCN(C(=O)NCCC(=O)N(C)C)CC1. The molecule has 0 saturated carbocycles. The quantitative estimate of drug-likeness (QED) is 0.798. The van der Waals surface area contributed by atoms with E-state index < -0.39 is 0 Å². The second kappa shape index (κ2) is 6.47. The van der Waals surface area contributed by atoms with E-state index in [4.69, 9.17) is 0 Å². The topological polar surface area (TPSA) is 52.7 Å². The summed E-state index contributed by atoms with van der Waals surface area (Å²) in [6.07, 6.45) is 2.51. The predicted octanol–water partition coefficient (Wildman–Crippen LogP) is 0.906. The molecule has 0 atom stereocenters. The fraction of sp³-hybridized carbons (Fsp3) is 0.833. The largest absolute Gasteiger partial charge is 0.349 e. The first-order valence-electron chi connectivity index (χ1n) is 6.23. The summed E-state index contributed by atoms with van der Waals surface area (Å²) in [5.41, 5.74) is 0. The zero-order valence-corrected chi connectivity index (χ0v) is 11.0. The number of carbonyl (C=O) groups is 2. The van der Waals surface area contributed by atoms with Crippen LogP contribution >= 0.6 is 0 Å². The minimum absolute atomic E-state index is 0.0385. The third-order valence-electron chi connectivity index (χ3n) is 3.18. The van der Waals surface area contributed by atoms with Gasteiger partial charge in [-0.05, 0) is 18.8 Å². The normalized spacial score (nSPS) is 16.8. The number of urea groups is 1. The first kappa shape index (κ1) is 13.8. The molecule has 5 heteroatoms. The molecule has 3 amide bonds. The van der Waals surface area contributed by atoms with E-state index in [9.17, 15) is 9.59 Å². The van der Waals surface area contributed by atoms with Crippen LogP contribution in [0.2, 0.25) is 0 Å². The highest BCUT2D eigenvalue weighted by molar-refractivity contribution is 5.78. The molecule has 0 aliphatic carbocycles. The highest BCUT2D eigenvalue weighted by atomic mass is 16.2. The van der Waals surface area contributed by atoms with Crippen LogP contribution in [0, 0.1) is 5.92 Å². The van der Waals surface area contributed by atoms with E-state index in [0.717, 1.165) is 31.8 Å². The summed E-state index contributed by atoms with van der Waals surface area (Å²) in [5, 5.41) is 2.79. The molecule has 1 heterocycles. The van der Waals surface area contributed by atoms with Gasteiger partial charge in [-0.1, -0.05) is 6.92 Å². The van der Waals surface area contributed by atoms with Gasteiger partial charge in [-0.25, -0.2) is 4.79 Å². The molecule has 0 radical (unpaired) electrons. The van der Waals surface area contributed by atoms with Crippen molar-refractivity contribution >= 4 is 11.9 Å². The third-order valence-corrected chi connectivity index (χ3v) is 3.18. The molecule has 98 valence electrons. The standard InChI is InChI=1S/C12H23N3O2/c1-10-5-8-15(9-6-10)12(17)13-7-4-11(16)14(2)3/h10H,4-9H2,1-3H3,(H,13,17). The number of likely N-dealkylation sites (tertiary alicyclic amines) is 1. The van der Waals surface area contributed by atoms with Crippen LogP contribution in [0.4, 0.5) is 4.79 Å². The highest BCUT2D eigenvalue weighted by Crippen LogP contribution is 2.15. The van der Waals surface area contributed by atoms with Crippen LogP contribution in [-0.4, -0.2) is 55.5 Å². The zero-order chi connectivity index (χ0) is 12.8. The Morgan fingerprint density at radius 2 is 1.88 bits per heavy atom. The summed E-state index contributed by atoms with van der Waals surface area (Å²) in [5.74, 6) is 0.756. The highest BCUT2D eigenvalue weighted by Gasteiger charge is 2.19. The van der Waals surface area contributed by atoms with Gasteiger partial charge in [0.05, 0.1) is 0 Å². The molecule has 0 spiro atoms. The van der Waals surface area contributed by atoms with Crippen LogP contribution in [-0.2, 0) is 4.79 Å². The minimum atomic E-state index is -0.0385. The molecule has 5 nitrogen and oxygen atoms in total. The Balaban J connectivity index is 2.19. The number of piperidine rings is 1. The van der Waals surface area contributed by atoms with Gasteiger partial charge in [0.15, 0.2) is 0 Å². The summed E-state index contributed by atoms with van der Waals surface area (Å²) in [4.78, 5) is 26.4. The Morgan fingerprint density at radius 1 is 1.29 bits per heavy atom. The van der Waals surface area contributed by atoms with E-state index >= 15 is 0 Å². The van der Waals surface area contributed by atoms with Crippen molar-refractivity contribution in [3.8, 4) is 0 Å². The van der Waals surface area contributed by atoms with Crippen molar-refractivity contribution in [2.24, 2.45) is 5.92 Å². The maximum absolute atomic E-state index is 11.7. The number of nitrogens with zero attached hydrogens (tertiary/aromatic N) is 2. The maximum Gasteiger partial charge on any atom is 0.317 e. The number of rotatable bonds is 3. The Morgan fingerprint density at radius 3 is 2.41 bits per heavy atom. The summed E-state index contributed by atoms with van der Waals surface area (Å²) >= 11 is 0. The Bertz CT molecular complexity index is 271. The van der Waals surface area contributed by atoms with E-state index in [1.807, 2.05) is 4.90 Å². The van der Waals surface area contributed by atoms with Crippen LogP contribution in [0.1, 0.15) is 26.2 Å². The first-order valence-corrected chi connectivity index (χ1v) is 6.23. The van der Waals surface area contributed by atoms with Crippen LogP contribution in [0.15, 0.2) is 0 Å². The monoisotopic (exact) mass is 241 g/mol. The Hall–Kier alpha value is -1.26. The number of hydrogen-bond donors (Lipinski definition) is 1. The van der Waals surface area contributed by atoms with E-state index in [1.165, 1.54) is 4.90 Å². The van der Waals surface area contributed by atoms with Gasteiger partial charge >= 0.3 is 6.03 Å². The number of carbonyl (C=O) groups excluding carboxylic acids is 2. The molecule has 17 heavy (non-hydrogen) atoms. The Labute approximate surface area is 103 Å². The first-order chi connectivity index (χ1) is 8.00. The number of hydrogen-bond acceptors (Lipinski definition) is 2. The van der Waals surface area contributed by atoms with Gasteiger partial charge in [0.25, 0.3) is 0 Å². The van der Waals surface area contributed by atoms with E-state index in [0.29, 0.717) is 13.0 Å². The molecule has 1 fully saturated rings. The fourth-order valence-corrected chi connectivity index (χ4v) is 1.82. The second-order valence-electron chi connectivity index (χ2n) is 4.94. The molecule has 0 aromatic heterocycles. The third kappa shape index (κ3) is 4.63. The van der Waals surface area contributed by atoms with Crippen molar-refractivity contribution in [3.63, 3.8) is 0 Å². The van der Waals surface area contributed by atoms with Gasteiger partial charge < -0.3 is 15.1 Å². The molecule has 1 saturated heterocycles. The van der Waals surface area contributed by atoms with Crippen molar-refractivity contribution in [3.05, 3.63) is 0 Å². The average molecular weight is 241 g/mol. The molecule has 0 bridgehead atoms. The predicted molar refractivity (Wildman–Crippen MR) is 66.7 cm³/mol. The zero-order valence-electron chi connectivity index (χ0n) is 11.0. The minimum Gasteiger partial charge on any atom is -0.349 e. The van der Waals surface area contributed by atoms with Crippen LogP contribution in [0.3, 0.4) is 0 Å². The smallest absolute Gasteiger partial charge is 0.317 e. The van der Waals surface area contributed by atoms with Crippen molar-refractivity contribution in [2.75, 3.05) is 33.7 Å². The lowest BCUT2D eigenvalue weighted by Crippen LogP contribution is -2.44. The van der Waals surface area contributed by atoms with Gasteiger partial charge in [-0.2, -0.15) is 0 Å². The summed E-state index contributed by atoms with van der Waals surface area (Å²) in [7, 11) is 3.44. The second-order valence-corrected chi connectivity index (χ2v) is 4.94. The van der Waals surface area contributed by atoms with Gasteiger partial charge in [0, 0.05) is 40.2 Å². The van der Waals surface area contributed by atoms with Crippen molar-refractivity contribution in [1.82, 2.24) is 15.1 Å². The van der Waals surface area contributed by atoms with Crippen molar-refractivity contribution in [1.29, 1.82) is 0 Å². The van der Waals surface area contributed by atoms with Crippen molar-refractivity contribution < 1.29 is 9.59 Å². The summed E-state index contributed by atoms with van der Waals surface area (Å²) in [6.45, 7) is 4.29. The van der Waals surface area contributed by atoms with Crippen molar-refractivity contribution in [2.45, 2.75) is 26.2 Å². The fourth-order valence-electron chi connectivity index (χ4n) is 1.82. The summed E-state index contributed by atoms with van der Waals surface area (Å²) < 4.78 is 0. The molecule has 1 aliphatic heterocycles. The van der Waals surface area contributed by atoms with E-state index in [-0.39, 0.29) is 11.9 Å². The molecule has 1 aliphatic rings. The lowest BCUT2D eigenvalue weighted by molar-refractivity contribution is -0.128. The maximum atomic E-state index is 11.7. The summed E-state index contributed by atoms with van der Waals surface area (Å²) in [6, 6.07) is -0.0385. The van der Waals surface area contributed by atoms with E-state index in [1.54, 1.807) is 14.1 Å². The molecule has 1 N–H and O–H groups in total. The number of nitrogens with one attached hydrogen (secondary N) is 1. The Kier molecular flexibility index (Phi) is 5.25. The average Bonchev–Trinajstić information content (AvgIpc) is 2.29. The molecular weight excluding hydrogens is 218 g/mol. The molecule has 1 rings (SSSR count). The van der Waals surface area contributed by atoms with Crippen LogP contribution in [0.5, 0.6) is 0 Å².